The number of nitrogens with one attached hydrogen (secondary N) is 2. The summed E-state index contributed by atoms with van der Waals surface area (Å²) in [7, 11) is 1.69. The first-order chi connectivity index (χ1) is 13.4. The van der Waals surface area contributed by atoms with E-state index in [0.717, 1.165) is 11.4 Å². The van der Waals surface area contributed by atoms with E-state index < -0.39 is 5.82 Å². The third kappa shape index (κ3) is 5.03. The van der Waals surface area contributed by atoms with Crippen molar-refractivity contribution in [2.24, 2.45) is 0 Å². The van der Waals surface area contributed by atoms with Crippen LogP contribution in [0, 0.1) is 12.7 Å². The summed E-state index contributed by atoms with van der Waals surface area (Å²) in [6, 6.07) is 8.00. The van der Waals surface area contributed by atoms with Gasteiger partial charge in [-0.2, -0.15) is 10.2 Å². The van der Waals surface area contributed by atoms with E-state index in [2.05, 4.69) is 20.6 Å². The van der Waals surface area contributed by atoms with E-state index in [-0.39, 0.29) is 24.8 Å². The average Bonchev–Trinajstić information content (AvgIpc) is 3.25. The fraction of sp³-hybridized carbons (Fsp3) is 0.263. The van der Waals surface area contributed by atoms with Gasteiger partial charge in [0, 0.05) is 18.9 Å². The van der Waals surface area contributed by atoms with Gasteiger partial charge in [-0.25, -0.2) is 4.39 Å². The smallest absolute Gasteiger partial charge is 0.244 e. The van der Waals surface area contributed by atoms with Crippen LogP contribution in [-0.4, -0.2) is 43.7 Å². The third-order valence-corrected chi connectivity index (χ3v) is 4.11. The zero-order chi connectivity index (χ0) is 20.1. The molecule has 0 aliphatic carbocycles. The first-order valence-electron chi connectivity index (χ1n) is 8.71. The zero-order valence-corrected chi connectivity index (χ0v) is 15.6. The van der Waals surface area contributed by atoms with Gasteiger partial charge in [-0.3, -0.25) is 19.4 Å². The van der Waals surface area contributed by atoms with Crippen molar-refractivity contribution < 1.29 is 14.0 Å². The number of aromatic amines is 1. The number of amides is 2. The molecule has 0 saturated heterocycles. The van der Waals surface area contributed by atoms with Gasteiger partial charge in [0.05, 0.1) is 30.5 Å². The molecule has 3 rings (SSSR count). The van der Waals surface area contributed by atoms with Gasteiger partial charge in [-0.15, -0.1) is 0 Å². The lowest BCUT2D eigenvalue weighted by molar-refractivity contribution is -0.131. The molecule has 0 unspecified atom stereocenters. The van der Waals surface area contributed by atoms with Crippen molar-refractivity contribution in [1.29, 1.82) is 0 Å². The van der Waals surface area contributed by atoms with E-state index in [9.17, 15) is 14.0 Å². The molecule has 28 heavy (non-hydrogen) atoms. The molecule has 0 atom stereocenters. The number of aromatic nitrogens is 4. The van der Waals surface area contributed by atoms with Crippen LogP contribution in [0.3, 0.4) is 0 Å². The van der Waals surface area contributed by atoms with Crippen molar-refractivity contribution >= 4 is 17.5 Å². The Kier molecular flexibility index (Phi) is 5.83. The molecule has 9 heteroatoms. The van der Waals surface area contributed by atoms with Crippen LogP contribution in [-0.2, 0) is 29.1 Å². The second-order valence-electron chi connectivity index (χ2n) is 6.54. The number of likely N-dealkylation sites (N-methyl/N-ethyl adjacent to an activating group) is 1. The van der Waals surface area contributed by atoms with Gasteiger partial charge in [0.25, 0.3) is 0 Å². The Morgan fingerprint density at radius 2 is 2.11 bits per heavy atom. The number of halogens is 1. The lowest BCUT2D eigenvalue weighted by atomic mass is 10.1. The van der Waals surface area contributed by atoms with E-state index in [1.165, 1.54) is 16.9 Å². The fourth-order valence-corrected chi connectivity index (χ4v) is 2.68. The van der Waals surface area contributed by atoms with Crippen molar-refractivity contribution in [2.75, 3.05) is 12.4 Å². The highest BCUT2D eigenvalue weighted by atomic mass is 19.1. The summed E-state index contributed by atoms with van der Waals surface area (Å²) in [6.45, 7) is 2.31. The van der Waals surface area contributed by atoms with E-state index in [1.807, 2.05) is 13.0 Å². The number of aryl methyl sites for hydroxylation is 1. The van der Waals surface area contributed by atoms with Gasteiger partial charge >= 0.3 is 0 Å². The standard InChI is InChI=1S/C19H21FN6O2/c1-13-7-15(24-23-13)10-25(2)19(28)12-26-11-16(9-21-26)22-18(27)8-14-5-3-4-6-17(14)20/h3-7,9,11H,8,10,12H2,1-2H3,(H,22,27)(H,23,24). The normalized spacial score (nSPS) is 10.7. The molecule has 2 N–H and O–H groups in total. The van der Waals surface area contributed by atoms with Crippen LogP contribution in [0.4, 0.5) is 10.1 Å². The summed E-state index contributed by atoms with van der Waals surface area (Å²) in [5.74, 6) is -0.927. The number of carbonyl (C=O) groups is 2. The number of benzene rings is 1. The Morgan fingerprint density at radius 1 is 1.32 bits per heavy atom. The molecule has 2 amide bonds. The second-order valence-corrected chi connectivity index (χ2v) is 6.54. The van der Waals surface area contributed by atoms with Crippen molar-refractivity contribution in [3.05, 3.63) is 65.5 Å². The zero-order valence-electron chi connectivity index (χ0n) is 15.6. The van der Waals surface area contributed by atoms with Crippen molar-refractivity contribution in [3.63, 3.8) is 0 Å². The number of hydrogen-bond donors (Lipinski definition) is 2. The molecule has 0 bridgehead atoms. The average molecular weight is 384 g/mol. The molecule has 0 fully saturated rings. The van der Waals surface area contributed by atoms with Crippen molar-refractivity contribution in [3.8, 4) is 0 Å². The van der Waals surface area contributed by atoms with Crippen LogP contribution in [0.5, 0.6) is 0 Å². The highest BCUT2D eigenvalue weighted by Crippen LogP contribution is 2.10. The molecular weight excluding hydrogens is 363 g/mol. The maximum Gasteiger partial charge on any atom is 0.244 e. The van der Waals surface area contributed by atoms with Crippen LogP contribution >= 0.6 is 0 Å². The lowest BCUT2D eigenvalue weighted by Crippen LogP contribution is -2.30. The van der Waals surface area contributed by atoms with Gasteiger partial charge in [0.2, 0.25) is 11.8 Å². The number of nitrogens with zero attached hydrogens (tertiary/aromatic N) is 4. The van der Waals surface area contributed by atoms with E-state index in [0.29, 0.717) is 17.8 Å². The number of rotatable bonds is 7. The minimum Gasteiger partial charge on any atom is -0.338 e. The Balaban J connectivity index is 1.52. The first-order valence-corrected chi connectivity index (χ1v) is 8.71. The predicted molar refractivity (Wildman–Crippen MR) is 101 cm³/mol. The van der Waals surface area contributed by atoms with Gasteiger partial charge < -0.3 is 10.2 Å². The third-order valence-electron chi connectivity index (χ3n) is 4.11. The maximum atomic E-state index is 13.6. The molecule has 2 heterocycles. The largest absolute Gasteiger partial charge is 0.338 e. The van der Waals surface area contributed by atoms with Crippen molar-refractivity contribution in [2.45, 2.75) is 26.4 Å². The van der Waals surface area contributed by atoms with Crippen molar-refractivity contribution in [1.82, 2.24) is 24.9 Å². The molecule has 146 valence electrons. The SMILES string of the molecule is Cc1cc(CN(C)C(=O)Cn2cc(NC(=O)Cc3ccccc3F)cn2)n[nH]1. The summed E-state index contributed by atoms with van der Waals surface area (Å²) < 4.78 is 15.1. The molecule has 3 aromatic rings. The van der Waals surface area contributed by atoms with Gasteiger partial charge in [0.15, 0.2) is 0 Å². The van der Waals surface area contributed by atoms with E-state index in [4.69, 9.17) is 0 Å². The minimum atomic E-state index is -0.422. The quantitative estimate of drug-likeness (QED) is 0.650. The Hall–Kier alpha value is -3.49. The molecule has 1 aromatic carbocycles. The molecule has 0 aliphatic heterocycles. The van der Waals surface area contributed by atoms with Crippen LogP contribution in [0.15, 0.2) is 42.7 Å². The monoisotopic (exact) mass is 384 g/mol. The van der Waals surface area contributed by atoms with Gasteiger partial charge in [0.1, 0.15) is 12.4 Å². The highest BCUT2D eigenvalue weighted by molar-refractivity contribution is 5.92. The van der Waals surface area contributed by atoms with Crippen LogP contribution in [0.1, 0.15) is 17.0 Å². The second kappa shape index (κ2) is 8.47. The summed E-state index contributed by atoms with van der Waals surface area (Å²) in [4.78, 5) is 26.0. The summed E-state index contributed by atoms with van der Waals surface area (Å²) >= 11 is 0. The molecule has 0 radical (unpaired) electrons. The minimum absolute atomic E-state index is 0.0308. The Bertz CT molecular complexity index is 980. The summed E-state index contributed by atoms with van der Waals surface area (Å²) in [5.41, 5.74) is 2.46. The van der Waals surface area contributed by atoms with Crippen LogP contribution in [0.25, 0.3) is 0 Å². The van der Waals surface area contributed by atoms with Gasteiger partial charge in [-0.1, -0.05) is 18.2 Å². The summed E-state index contributed by atoms with van der Waals surface area (Å²) in [5, 5.41) is 13.7. The maximum absolute atomic E-state index is 13.6. The summed E-state index contributed by atoms with van der Waals surface area (Å²) in [6.07, 6.45) is 2.93. The number of anilines is 1. The Labute approximate surface area is 161 Å². The molecule has 8 nitrogen and oxygen atoms in total. The molecule has 0 aliphatic rings. The fourth-order valence-electron chi connectivity index (χ4n) is 2.68. The van der Waals surface area contributed by atoms with E-state index in [1.54, 1.807) is 36.3 Å². The highest BCUT2D eigenvalue weighted by Gasteiger charge is 2.13. The van der Waals surface area contributed by atoms with Crippen LogP contribution in [0.2, 0.25) is 0 Å². The van der Waals surface area contributed by atoms with E-state index >= 15 is 0 Å². The predicted octanol–water partition coefficient (Wildman–Crippen LogP) is 1.89. The molecule has 0 saturated carbocycles. The molecule has 0 spiro atoms. The number of hydrogen-bond acceptors (Lipinski definition) is 4. The topological polar surface area (TPSA) is 95.9 Å². The first kappa shape index (κ1) is 19.3. The van der Waals surface area contributed by atoms with Gasteiger partial charge in [-0.05, 0) is 24.6 Å². The number of H-pyrrole nitrogens is 1. The Morgan fingerprint density at radius 3 is 2.82 bits per heavy atom. The number of carbonyl (C=O) groups excluding carboxylic acids is 2. The molecule has 2 aromatic heterocycles. The lowest BCUT2D eigenvalue weighted by Gasteiger charge is -2.15. The van der Waals surface area contributed by atoms with Crippen LogP contribution < -0.4 is 5.32 Å². The molecular formula is C19H21FN6O2.